The second-order valence-corrected chi connectivity index (χ2v) is 4.01. The fourth-order valence-corrected chi connectivity index (χ4v) is 1.72. The van der Waals surface area contributed by atoms with E-state index < -0.39 is 17.5 Å². The molecule has 3 N–H and O–H groups in total. The van der Waals surface area contributed by atoms with Gasteiger partial charge in [-0.15, -0.1) is 0 Å². The lowest BCUT2D eigenvalue weighted by molar-refractivity contribution is 0.433. The molecule has 0 aliphatic heterocycles. The number of nitrogens with one attached hydrogen (secondary N) is 1. The molecule has 1 atom stereocenters. The quantitative estimate of drug-likeness (QED) is 0.350. The summed E-state index contributed by atoms with van der Waals surface area (Å²) in [5.41, 5.74) is 2.83. The molecule has 1 rings (SSSR count). The number of hydrogen-bond acceptors (Lipinski definition) is 2. The molecule has 1 aromatic carbocycles. The van der Waals surface area contributed by atoms with Gasteiger partial charge in [-0.2, -0.15) is 0 Å². The van der Waals surface area contributed by atoms with E-state index in [1.54, 1.807) is 0 Å². The van der Waals surface area contributed by atoms with Gasteiger partial charge in [-0.1, -0.05) is 26.2 Å². The molecular weight excluding hydrogens is 229 g/mol. The lowest BCUT2D eigenvalue weighted by atomic mass is 10.0. The van der Waals surface area contributed by atoms with Crippen molar-refractivity contribution in [3.8, 4) is 0 Å². The minimum atomic E-state index is -1.45. The Hall–Kier alpha value is -1.07. The zero-order valence-corrected chi connectivity index (χ0v) is 9.77. The first kappa shape index (κ1) is 14.0. The molecule has 0 bridgehead atoms. The van der Waals surface area contributed by atoms with E-state index in [1.807, 2.05) is 0 Å². The molecule has 0 aliphatic rings. The van der Waals surface area contributed by atoms with Crippen LogP contribution >= 0.6 is 0 Å². The molecular formula is C12H17F3N2. The van der Waals surface area contributed by atoms with Crippen molar-refractivity contribution in [1.82, 2.24) is 5.43 Å². The maximum absolute atomic E-state index is 13.0. The summed E-state index contributed by atoms with van der Waals surface area (Å²) in [4.78, 5) is 0. The number of rotatable bonds is 6. The summed E-state index contributed by atoms with van der Waals surface area (Å²) in [7, 11) is 0. The first-order chi connectivity index (χ1) is 8.10. The van der Waals surface area contributed by atoms with Gasteiger partial charge in [-0.05, 0) is 24.1 Å². The molecule has 0 aliphatic carbocycles. The summed E-state index contributed by atoms with van der Waals surface area (Å²) in [5, 5.41) is 0. The molecule has 0 radical (unpaired) electrons. The third kappa shape index (κ3) is 3.71. The Morgan fingerprint density at radius 1 is 1.18 bits per heavy atom. The topological polar surface area (TPSA) is 38.0 Å². The zero-order valence-electron chi connectivity index (χ0n) is 9.77. The van der Waals surface area contributed by atoms with Crippen LogP contribution < -0.4 is 11.3 Å². The fraction of sp³-hybridized carbons (Fsp3) is 0.500. The van der Waals surface area contributed by atoms with E-state index in [9.17, 15) is 13.2 Å². The van der Waals surface area contributed by atoms with E-state index in [0.29, 0.717) is 12.0 Å². The Morgan fingerprint density at radius 2 is 1.76 bits per heavy atom. The number of unbranched alkanes of at least 4 members (excludes halogenated alkanes) is 2. The minimum Gasteiger partial charge on any atom is -0.271 e. The summed E-state index contributed by atoms with van der Waals surface area (Å²) in [6, 6.07) is 1.61. The Balaban J connectivity index is 2.81. The van der Waals surface area contributed by atoms with Gasteiger partial charge in [-0.3, -0.25) is 11.3 Å². The van der Waals surface area contributed by atoms with Crippen molar-refractivity contribution in [3.63, 3.8) is 0 Å². The lowest BCUT2D eigenvalue weighted by Gasteiger charge is -2.16. The molecule has 96 valence electrons. The Labute approximate surface area is 99.0 Å². The first-order valence-electron chi connectivity index (χ1n) is 5.70. The normalized spacial score (nSPS) is 12.8. The van der Waals surface area contributed by atoms with Crippen LogP contribution in [0.2, 0.25) is 0 Å². The largest absolute Gasteiger partial charge is 0.271 e. The Morgan fingerprint density at radius 3 is 2.24 bits per heavy atom. The van der Waals surface area contributed by atoms with E-state index >= 15 is 0 Å². The van der Waals surface area contributed by atoms with Crippen molar-refractivity contribution < 1.29 is 13.2 Å². The van der Waals surface area contributed by atoms with Crippen LogP contribution in [0.3, 0.4) is 0 Å². The molecule has 0 amide bonds. The number of hydrogen-bond donors (Lipinski definition) is 2. The average molecular weight is 246 g/mol. The number of nitrogens with two attached hydrogens (primary N) is 1. The molecule has 5 heteroatoms. The van der Waals surface area contributed by atoms with Gasteiger partial charge >= 0.3 is 0 Å². The van der Waals surface area contributed by atoms with E-state index in [1.165, 1.54) is 0 Å². The van der Waals surface area contributed by atoms with Crippen LogP contribution in [0.15, 0.2) is 12.1 Å². The number of halogens is 3. The first-order valence-corrected chi connectivity index (χ1v) is 5.70. The monoisotopic (exact) mass is 246 g/mol. The predicted molar refractivity (Wildman–Crippen MR) is 60.5 cm³/mol. The summed E-state index contributed by atoms with van der Waals surface area (Å²) in [6.07, 6.45) is 3.62. The summed E-state index contributed by atoms with van der Waals surface area (Å²) >= 11 is 0. The molecule has 0 saturated carbocycles. The SMILES string of the molecule is CCCCCC(NN)c1cc(F)c(F)c(F)c1. The van der Waals surface area contributed by atoms with Crippen molar-refractivity contribution in [1.29, 1.82) is 0 Å². The van der Waals surface area contributed by atoms with E-state index in [0.717, 1.165) is 31.4 Å². The highest BCUT2D eigenvalue weighted by molar-refractivity contribution is 5.22. The Kier molecular flexibility index (Phi) is 5.44. The number of hydrazine groups is 1. The summed E-state index contributed by atoms with van der Waals surface area (Å²) < 4.78 is 38.9. The van der Waals surface area contributed by atoms with Crippen LogP contribution in [0.5, 0.6) is 0 Å². The van der Waals surface area contributed by atoms with Crippen LogP contribution in [0.1, 0.15) is 44.2 Å². The van der Waals surface area contributed by atoms with Crippen LogP contribution in [-0.4, -0.2) is 0 Å². The molecule has 0 heterocycles. The molecule has 0 saturated heterocycles. The second kappa shape index (κ2) is 6.61. The fourth-order valence-electron chi connectivity index (χ4n) is 1.72. The van der Waals surface area contributed by atoms with Crippen LogP contribution in [0.4, 0.5) is 13.2 Å². The van der Waals surface area contributed by atoms with Crippen LogP contribution in [-0.2, 0) is 0 Å². The predicted octanol–water partition coefficient (Wildman–Crippen LogP) is 3.19. The minimum absolute atomic E-state index is 0.333. The van der Waals surface area contributed by atoms with Gasteiger partial charge in [0.15, 0.2) is 17.5 Å². The molecule has 0 spiro atoms. The highest BCUT2D eigenvalue weighted by atomic mass is 19.2. The van der Waals surface area contributed by atoms with Gasteiger partial charge < -0.3 is 0 Å². The standard InChI is InChI=1S/C12H17F3N2/c1-2-3-4-5-11(17-16)8-6-9(13)12(15)10(14)7-8/h6-7,11,17H,2-5,16H2,1H3. The van der Waals surface area contributed by atoms with Gasteiger partial charge in [0.25, 0.3) is 0 Å². The zero-order chi connectivity index (χ0) is 12.8. The Bertz CT molecular complexity index is 346. The second-order valence-electron chi connectivity index (χ2n) is 4.01. The highest BCUT2D eigenvalue weighted by Gasteiger charge is 2.16. The van der Waals surface area contributed by atoms with E-state index in [-0.39, 0.29) is 6.04 Å². The van der Waals surface area contributed by atoms with Crippen molar-refractivity contribution in [2.45, 2.75) is 38.6 Å². The van der Waals surface area contributed by atoms with E-state index in [2.05, 4.69) is 12.3 Å². The van der Waals surface area contributed by atoms with Crippen molar-refractivity contribution in [3.05, 3.63) is 35.1 Å². The van der Waals surface area contributed by atoms with Crippen molar-refractivity contribution in [2.24, 2.45) is 5.84 Å². The van der Waals surface area contributed by atoms with Gasteiger partial charge in [0, 0.05) is 6.04 Å². The molecule has 0 aromatic heterocycles. The van der Waals surface area contributed by atoms with Crippen molar-refractivity contribution in [2.75, 3.05) is 0 Å². The molecule has 0 fully saturated rings. The molecule has 2 nitrogen and oxygen atoms in total. The maximum Gasteiger partial charge on any atom is 0.194 e. The highest BCUT2D eigenvalue weighted by Crippen LogP contribution is 2.22. The van der Waals surface area contributed by atoms with E-state index in [4.69, 9.17) is 5.84 Å². The van der Waals surface area contributed by atoms with Crippen LogP contribution in [0, 0.1) is 17.5 Å². The van der Waals surface area contributed by atoms with Gasteiger partial charge in [-0.25, -0.2) is 13.2 Å². The molecule has 17 heavy (non-hydrogen) atoms. The number of benzene rings is 1. The third-order valence-corrected chi connectivity index (χ3v) is 2.71. The van der Waals surface area contributed by atoms with Gasteiger partial charge in [0.1, 0.15) is 0 Å². The third-order valence-electron chi connectivity index (χ3n) is 2.71. The van der Waals surface area contributed by atoms with Crippen LogP contribution in [0.25, 0.3) is 0 Å². The lowest BCUT2D eigenvalue weighted by Crippen LogP contribution is -2.28. The van der Waals surface area contributed by atoms with Gasteiger partial charge in [0.05, 0.1) is 0 Å². The maximum atomic E-state index is 13.0. The molecule has 1 unspecified atom stereocenters. The molecule has 1 aromatic rings. The summed E-state index contributed by atoms with van der Waals surface area (Å²) in [5.74, 6) is 1.52. The van der Waals surface area contributed by atoms with Crippen molar-refractivity contribution >= 4 is 0 Å². The van der Waals surface area contributed by atoms with Gasteiger partial charge in [0.2, 0.25) is 0 Å². The summed E-state index contributed by atoms with van der Waals surface area (Å²) in [6.45, 7) is 2.06. The smallest absolute Gasteiger partial charge is 0.194 e. The average Bonchev–Trinajstić information content (AvgIpc) is 2.31.